The van der Waals surface area contributed by atoms with Crippen molar-refractivity contribution in [3.63, 3.8) is 0 Å². The summed E-state index contributed by atoms with van der Waals surface area (Å²) in [5.74, 6) is -0.825. The number of carbonyl (C=O) groups excluding carboxylic acids is 1. The maximum absolute atomic E-state index is 13.2. The standard InChI is InChI=1S/C18H17F3N4O3/c1-9-4-5-10(17(2,27)18(19,20)21)6-11(9)12-7-23-13-8-24-14(16(26)28-3)15(22)25(12)13/h4-8,27H,22H2,1-3H3. The molecule has 148 valence electrons. The summed E-state index contributed by atoms with van der Waals surface area (Å²) < 4.78 is 45.8. The number of alkyl halides is 3. The number of nitrogens with zero attached hydrogens (tertiary/aromatic N) is 3. The Bertz CT molecular complexity index is 1070. The molecule has 0 radical (unpaired) electrons. The van der Waals surface area contributed by atoms with Gasteiger partial charge in [0.1, 0.15) is 5.82 Å². The number of hydrogen-bond donors (Lipinski definition) is 2. The van der Waals surface area contributed by atoms with E-state index in [1.807, 2.05) is 0 Å². The van der Waals surface area contributed by atoms with Gasteiger partial charge in [0, 0.05) is 5.56 Å². The van der Waals surface area contributed by atoms with Crippen LogP contribution in [0.3, 0.4) is 0 Å². The van der Waals surface area contributed by atoms with Crippen LogP contribution in [0.5, 0.6) is 0 Å². The van der Waals surface area contributed by atoms with Crippen LogP contribution >= 0.6 is 0 Å². The molecule has 0 bridgehead atoms. The first-order valence-corrected chi connectivity index (χ1v) is 8.10. The number of anilines is 1. The van der Waals surface area contributed by atoms with Gasteiger partial charge in [0.25, 0.3) is 0 Å². The van der Waals surface area contributed by atoms with Crippen molar-refractivity contribution in [1.29, 1.82) is 0 Å². The van der Waals surface area contributed by atoms with Crippen LogP contribution in [0.1, 0.15) is 28.5 Å². The van der Waals surface area contributed by atoms with Crippen molar-refractivity contribution >= 4 is 17.4 Å². The van der Waals surface area contributed by atoms with Gasteiger partial charge in [0.15, 0.2) is 16.9 Å². The Morgan fingerprint density at radius 1 is 1.25 bits per heavy atom. The molecule has 3 N–H and O–H groups in total. The molecule has 2 aromatic heterocycles. The van der Waals surface area contributed by atoms with E-state index in [1.54, 1.807) is 6.92 Å². The van der Waals surface area contributed by atoms with Crippen LogP contribution in [0.15, 0.2) is 30.6 Å². The molecule has 28 heavy (non-hydrogen) atoms. The predicted molar refractivity (Wildman–Crippen MR) is 94.5 cm³/mol. The molecular formula is C18H17F3N4O3. The van der Waals surface area contributed by atoms with Crippen LogP contribution < -0.4 is 5.73 Å². The molecule has 10 heteroatoms. The van der Waals surface area contributed by atoms with Crippen LogP contribution in [-0.4, -0.2) is 38.7 Å². The first kappa shape index (κ1) is 19.6. The number of halogens is 3. The summed E-state index contributed by atoms with van der Waals surface area (Å²) in [5.41, 5.74) is 4.16. The summed E-state index contributed by atoms with van der Waals surface area (Å²) in [6.45, 7) is 2.38. The van der Waals surface area contributed by atoms with Gasteiger partial charge in [0.05, 0.1) is 25.2 Å². The highest BCUT2D eigenvalue weighted by Gasteiger charge is 2.51. The van der Waals surface area contributed by atoms with Crippen molar-refractivity contribution in [1.82, 2.24) is 14.4 Å². The molecule has 0 saturated heterocycles. The fourth-order valence-electron chi connectivity index (χ4n) is 2.81. The molecule has 0 aliphatic carbocycles. The number of aromatic nitrogens is 3. The van der Waals surface area contributed by atoms with Crippen molar-refractivity contribution < 1.29 is 27.8 Å². The Hall–Kier alpha value is -3.14. The number of imidazole rings is 1. The molecule has 0 amide bonds. The van der Waals surface area contributed by atoms with E-state index in [0.717, 1.165) is 0 Å². The summed E-state index contributed by atoms with van der Waals surface area (Å²) in [7, 11) is 1.18. The number of ether oxygens (including phenoxy) is 1. The van der Waals surface area contributed by atoms with Gasteiger partial charge in [-0.2, -0.15) is 13.2 Å². The number of nitrogens with two attached hydrogens (primary N) is 1. The van der Waals surface area contributed by atoms with Crippen LogP contribution in [0.2, 0.25) is 0 Å². The summed E-state index contributed by atoms with van der Waals surface area (Å²) >= 11 is 0. The minimum Gasteiger partial charge on any atom is -0.464 e. The van der Waals surface area contributed by atoms with E-state index in [2.05, 4.69) is 14.7 Å². The summed E-state index contributed by atoms with van der Waals surface area (Å²) in [6, 6.07) is 3.90. The van der Waals surface area contributed by atoms with Gasteiger partial charge in [-0.1, -0.05) is 12.1 Å². The van der Waals surface area contributed by atoms with E-state index in [4.69, 9.17) is 5.73 Å². The number of esters is 1. The van der Waals surface area contributed by atoms with Crippen molar-refractivity contribution in [2.75, 3.05) is 12.8 Å². The van der Waals surface area contributed by atoms with Crippen LogP contribution in [0, 0.1) is 6.92 Å². The highest BCUT2D eigenvalue weighted by molar-refractivity contribution is 5.92. The number of carbonyl (C=O) groups is 1. The summed E-state index contributed by atoms with van der Waals surface area (Å²) in [6.07, 6.45) is -2.15. The van der Waals surface area contributed by atoms with E-state index >= 15 is 0 Å². The van der Waals surface area contributed by atoms with Gasteiger partial charge >= 0.3 is 12.1 Å². The van der Waals surface area contributed by atoms with Gasteiger partial charge < -0.3 is 15.6 Å². The first-order valence-electron chi connectivity index (χ1n) is 8.10. The second kappa shape index (κ2) is 6.48. The largest absolute Gasteiger partial charge is 0.464 e. The van der Waals surface area contributed by atoms with Gasteiger partial charge in [-0.15, -0.1) is 0 Å². The van der Waals surface area contributed by atoms with E-state index in [1.165, 1.54) is 42.1 Å². The lowest BCUT2D eigenvalue weighted by Gasteiger charge is -2.27. The second-order valence-corrected chi connectivity index (χ2v) is 6.42. The third-order valence-electron chi connectivity index (χ3n) is 4.59. The number of rotatable bonds is 3. The molecule has 0 fully saturated rings. The molecule has 3 rings (SSSR count). The summed E-state index contributed by atoms with van der Waals surface area (Å²) in [4.78, 5) is 19.9. The van der Waals surface area contributed by atoms with Gasteiger partial charge in [-0.3, -0.25) is 4.40 Å². The molecule has 0 saturated carbocycles. The Balaban J connectivity index is 2.26. The fourth-order valence-corrected chi connectivity index (χ4v) is 2.81. The highest BCUT2D eigenvalue weighted by Crippen LogP contribution is 2.40. The number of hydrogen-bond acceptors (Lipinski definition) is 6. The van der Waals surface area contributed by atoms with E-state index in [0.29, 0.717) is 29.4 Å². The number of aliphatic hydroxyl groups is 1. The third-order valence-corrected chi connectivity index (χ3v) is 4.59. The second-order valence-electron chi connectivity index (χ2n) is 6.42. The zero-order valence-corrected chi connectivity index (χ0v) is 15.2. The quantitative estimate of drug-likeness (QED) is 0.663. The zero-order valence-electron chi connectivity index (χ0n) is 15.2. The molecule has 0 aliphatic heterocycles. The van der Waals surface area contributed by atoms with E-state index in [-0.39, 0.29) is 17.1 Å². The Morgan fingerprint density at radius 2 is 1.93 bits per heavy atom. The van der Waals surface area contributed by atoms with Crippen LogP contribution in [0.4, 0.5) is 19.0 Å². The topological polar surface area (TPSA) is 103 Å². The van der Waals surface area contributed by atoms with Crippen molar-refractivity contribution in [3.05, 3.63) is 47.4 Å². The number of benzene rings is 1. The van der Waals surface area contributed by atoms with E-state index < -0.39 is 17.7 Å². The predicted octanol–water partition coefficient (Wildman–Crippen LogP) is 2.84. The highest BCUT2D eigenvalue weighted by atomic mass is 19.4. The molecule has 7 nitrogen and oxygen atoms in total. The number of methoxy groups -OCH3 is 1. The van der Waals surface area contributed by atoms with Gasteiger partial charge in [-0.25, -0.2) is 14.8 Å². The van der Waals surface area contributed by atoms with Crippen molar-refractivity contribution in [2.45, 2.75) is 25.6 Å². The number of nitrogen functional groups attached to an aromatic ring is 1. The molecule has 1 unspecified atom stereocenters. The molecule has 3 aromatic rings. The smallest absolute Gasteiger partial charge is 0.421 e. The van der Waals surface area contributed by atoms with Crippen LogP contribution in [-0.2, 0) is 10.3 Å². The lowest BCUT2D eigenvalue weighted by atomic mass is 9.91. The van der Waals surface area contributed by atoms with Crippen molar-refractivity contribution in [3.8, 4) is 11.3 Å². The lowest BCUT2D eigenvalue weighted by molar-refractivity contribution is -0.258. The molecule has 1 atom stereocenters. The van der Waals surface area contributed by atoms with Crippen molar-refractivity contribution in [2.24, 2.45) is 0 Å². The average Bonchev–Trinajstić information content (AvgIpc) is 3.05. The minimum absolute atomic E-state index is 0.0655. The Labute approximate surface area is 157 Å². The first-order chi connectivity index (χ1) is 13.0. The lowest BCUT2D eigenvalue weighted by Crippen LogP contribution is -2.39. The maximum atomic E-state index is 13.2. The molecule has 2 heterocycles. The molecule has 1 aromatic carbocycles. The summed E-state index contributed by atoms with van der Waals surface area (Å²) in [5, 5.41) is 10.0. The average molecular weight is 394 g/mol. The molecule has 0 aliphatic rings. The van der Waals surface area contributed by atoms with Crippen LogP contribution in [0.25, 0.3) is 16.9 Å². The Kier molecular flexibility index (Phi) is 4.54. The third kappa shape index (κ3) is 2.95. The number of aryl methyl sites for hydroxylation is 1. The maximum Gasteiger partial charge on any atom is 0.421 e. The van der Waals surface area contributed by atoms with Gasteiger partial charge in [-0.05, 0) is 31.0 Å². The SMILES string of the molecule is COC(=O)c1ncc2ncc(-c3cc(C(C)(O)C(F)(F)F)ccc3C)n2c1N. The molecule has 0 spiro atoms. The monoisotopic (exact) mass is 394 g/mol. The zero-order chi connectivity index (χ0) is 20.9. The van der Waals surface area contributed by atoms with E-state index in [9.17, 15) is 23.1 Å². The van der Waals surface area contributed by atoms with Gasteiger partial charge in [0.2, 0.25) is 0 Å². The minimum atomic E-state index is -4.86. The fraction of sp³-hybridized carbons (Fsp3) is 0.278. The Morgan fingerprint density at radius 3 is 2.54 bits per heavy atom. The molecular weight excluding hydrogens is 377 g/mol. The normalized spacial score (nSPS) is 14.1. The number of fused-ring (bicyclic) bond motifs is 1.